The van der Waals surface area contributed by atoms with Crippen LogP contribution in [0.15, 0.2) is 0 Å². The summed E-state index contributed by atoms with van der Waals surface area (Å²) in [4.78, 5) is 4.45. The molecule has 2 N–H and O–H groups in total. The van der Waals surface area contributed by atoms with Gasteiger partial charge in [0.05, 0.1) is 18.0 Å². The molecule has 0 aromatic carbocycles. The van der Waals surface area contributed by atoms with Gasteiger partial charge in [0, 0.05) is 13.1 Å². The lowest BCUT2D eigenvalue weighted by molar-refractivity contribution is 0.300. The van der Waals surface area contributed by atoms with Crippen LogP contribution >= 0.6 is 0 Å². The summed E-state index contributed by atoms with van der Waals surface area (Å²) < 4.78 is 7.42. The zero-order valence-corrected chi connectivity index (χ0v) is 8.79. The van der Waals surface area contributed by atoms with Crippen molar-refractivity contribution in [3.05, 3.63) is 11.4 Å². The monoisotopic (exact) mass is 195 g/mol. The number of hydrogen-bond acceptors (Lipinski definition) is 3. The number of nitrogens with two attached hydrogens (primary N) is 1. The minimum Gasteiger partial charge on any atom is -0.465 e. The first-order valence-electron chi connectivity index (χ1n) is 5.18. The molecule has 4 heteroatoms. The van der Waals surface area contributed by atoms with E-state index in [1.54, 1.807) is 0 Å². The van der Waals surface area contributed by atoms with Gasteiger partial charge in [-0.15, -0.1) is 0 Å². The number of ether oxygens (including phenoxy) is 1. The summed E-state index contributed by atoms with van der Waals surface area (Å²) in [5.74, 6) is 0. The number of fused-ring (bicyclic) bond motifs is 1. The topological polar surface area (TPSA) is 53.1 Å². The first-order chi connectivity index (χ1) is 6.74. The first kappa shape index (κ1) is 9.52. The lowest BCUT2D eigenvalue weighted by Crippen LogP contribution is -2.19. The van der Waals surface area contributed by atoms with E-state index < -0.39 is 0 Å². The van der Waals surface area contributed by atoms with Crippen LogP contribution < -0.4 is 10.5 Å². The van der Waals surface area contributed by atoms with E-state index in [0.717, 1.165) is 30.7 Å². The molecule has 0 bridgehead atoms. The van der Waals surface area contributed by atoms with Crippen LogP contribution in [0.2, 0.25) is 0 Å². The van der Waals surface area contributed by atoms with Gasteiger partial charge in [0.1, 0.15) is 0 Å². The van der Waals surface area contributed by atoms with Crippen LogP contribution in [0.3, 0.4) is 0 Å². The SMILES string of the molecule is CCOc1nc2c(n1C)C(N)CCC2. The van der Waals surface area contributed by atoms with E-state index in [-0.39, 0.29) is 6.04 Å². The van der Waals surface area contributed by atoms with E-state index in [2.05, 4.69) is 4.98 Å². The van der Waals surface area contributed by atoms with Crippen molar-refractivity contribution in [3.63, 3.8) is 0 Å². The van der Waals surface area contributed by atoms with Gasteiger partial charge in [-0.05, 0) is 26.2 Å². The molecule has 78 valence electrons. The fourth-order valence-electron chi connectivity index (χ4n) is 2.08. The molecule has 1 aromatic heterocycles. The smallest absolute Gasteiger partial charge is 0.296 e. The second-order valence-electron chi connectivity index (χ2n) is 3.72. The Bertz CT molecular complexity index is 332. The zero-order valence-electron chi connectivity index (χ0n) is 8.79. The lowest BCUT2D eigenvalue weighted by Gasteiger charge is -2.18. The standard InChI is InChI=1S/C10H17N3O/c1-3-14-10-12-8-6-4-5-7(11)9(8)13(10)2/h7H,3-6,11H2,1-2H3. The zero-order chi connectivity index (χ0) is 10.1. The predicted octanol–water partition coefficient (Wildman–Crippen LogP) is 1.15. The van der Waals surface area contributed by atoms with Crippen molar-refractivity contribution >= 4 is 0 Å². The minimum atomic E-state index is 0.130. The molecular formula is C10H17N3O. The van der Waals surface area contributed by atoms with Crippen molar-refractivity contribution in [3.8, 4) is 6.01 Å². The molecule has 1 aliphatic carbocycles. The van der Waals surface area contributed by atoms with Gasteiger partial charge in [-0.3, -0.25) is 4.57 Å². The molecule has 0 spiro atoms. The number of rotatable bonds is 2. The van der Waals surface area contributed by atoms with Crippen LogP contribution in [0.5, 0.6) is 6.01 Å². The van der Waals surface area contributed by atoms with E-state index in [0.29, 0.717) is 12.6 Å². The van der Waals surface area contributed by atoms with Gasteiger partial charge in [0.25, 0.3) is 6.01 Å². The first-order valence-corrected chi connectivity index (χ1v) is 5.18. The summed E-state index contributed by atoms with van der Waals surface area (Å²) in [6.07, 6.45) is 3.22. The summed E-state index contributed by atoms with van der Waals surface area (Å²) in [7, 11) is 1.97. The van der Waals surface area contributed by atoms with Crippen molar-refractivity contribution in [2.24, 2.45) is 12.8 Å². The lowest BCUT2D eigenvalue weighted by atomic mass is 9.97. The average molecular weight is 195 g/mol. The molecular weight excluding hydrogens is 178 g/mol. The normalized spacial score (nSPS) is 20.6. The average Bonchev–Trinajstić information content (AvgIpc) is 2.46. The summed E-state index contributed by atoms with van der Waals surface area (Å²) in [6.45, 7) is 2.62. The Morgan fingerprint density at radius 1 is 1.64 bits per heavy atom. The van der Waals surface area contributed by atoms with Gasteiger partial charge in [0.2, 0.25) is 0 Å². The summed E-state index contributed by atoms with van der Waals surface area (Å²) in [5, 5.41) is 0. The number of hydrogen-bond donors (Lipinski definition) is 1. The summed E-state index contributed by atoms with van der Waals surface area (Å²) >= 11 is 0. The molecule has 1 aromatic rings. The second kappa shape index (κ2) is 3.61. The molecule has 4 nitrogen and oxygen atoms in total. The van der Waals surface area contributed by atoms with Crippen LogP contribution in [0, 0.1) is 0 Å². The van der Waals surface area contributed by atoms with Crippen molar-refractivity contribution < 1.29 is 4.74 Å². The van der Waals surface area contributed by atoms with Crippen LogP contribution in [-0.2, 0) is 13.5 Å². The Kier molecular flexibility index (Phi) is 2.46. The van der Waals surface area contributed by atoms with Crippen LogP contribution in [0.4, 0.5) is 0 Å². The maximum absolute atomic E-state index is 6.04. The Hall–Kier alpha value is -1.03. The Labute approximate surface area is 84.1 Å². The van der Waals surface area contributed by atoms with E-state index in [4.69, 9.17) is 10.5 Å². The number of nitrogens with zero attached hydrogens (tertiary/aromatic N) is 2. The highest BCUT2D eigenvalue weighted by molar-refractivity contribution is 5.25. The summed E-state index contributed by atoms with van der Waals surface area (Å²) in [5.41, 5.74) is 8.31. The molecule has 14 heavy (non-hydrogen) atoms. The van der Waals surface area contributed by atoms with Crippen LogP contribution in [0.25, 0.3) is 0 Å². The molecule has 0 saturated heterocycles. The van der Waals surface area contributed by atoms with Gasteiger partial charge < -0.3 is 10.5 Å². The number of imidazole rings is 1. The summed E-state index contributed by atoms with van der Waals surface area (Å²) in [6, 6.07) is 0.834. The Morgan fingerprint density at radius 2 is 2.43 bits per heavy atom. The maximum Gasteiger partial charge on any atom is 0.296 e. The van der Waals surface area contributed by atoms with Crippen molar-refractivity contribution in [1.82, 2.24) is 9.55 Å². The molecule has 1 unspecified atom stereocenters. The van der Waals surface area contributed by atoms with Gasteiger partial charge in [-0.1, -0.05) is 0 Å². The molecule has 1 aliphatic rings. The fraction of sp³-hybridized carbons (Fsp3) is 0.700. The molecule has 0 radical (unpaired) electrons. The maximum atomic E-state index is 6.04. The Morgan fingerprint density at radius 3 is 3.07 bits per heavy atom. The molecule has 2 rings (SSSR count). The quantitative estimate of drug-likeness (QED) is 0.770. The third kappa shape index (κ3) is 1.39. The van der Waals surface area contributed by atoms with Crippen LogP contribution in [-0.4, -0.2) is 16.2 Å². The Balaban J connectivity index is 2.39. The van der Waals surface area contributed by atoms with Crippen molar-refractivity contribution in [2.45, 2.75) is 32.2 Å². The molecule has 0 aliphatic heterocycles. The largest absolute Gasteiger partial charge is 0.465 e. The van der Waals surface area contributed by atoms with E-state index in [1.807, 2.05) is 18.5 Å². The van der Waals surface area contributed by atoms with E-state index >= 15 is 0 Å². The molecule has 0 saturated carbocycles. The highest BCUT2D eigenvalue weighted by atomic mass is 16.5. The van der Waals surface area contributed by atoms with Gasteiger partial charge in [-0.2, -0.15) is 4.98 Å². The number of aromatic nitrogens is 2. The van der Waals surface area contributed by atoms with Crippen molar-refractivity contribution in [1.29, 1.82) is 0 Å². The van der Waals surface area contributed by atoms with E-state index in [9.17, 15) is 0 Å². The predicted molar refractivity (Wildman–Crippen MR) is 54.2 cm³/mol. The van der Waals surface area contributed by atoms with Crippen LogP contribution in [0.1, 0.15) is 37.2 Å². The number of aryl methyl sites for hydroxylation is 1. The molecule has 0 amide bonds. The van der Waals surface area contributed by atoms with Crippen molar-refractivity contribution in [2.75, 3.05) is 6.61 Å². The second-order valence-corrected chi connectivity index (χ2v) is 3.72. The minimum absolute atomic E-state index is 0.130. The van der Waals surface area contributed by atoms with Gasteiger partial charge >= 0.3 is 0 Å². The highest BCUT2D eigenvalue weighted by Gasteiger charge is 2.24. The third-order valence-corrected chi connectivity index (χ3v) is 2.73. The van der Waals surface area contributed by atoms with Gasteiger partial charge in [-0.25, -0.2) is 0 Å². The highest BCUT2D eigenvalue weighted by Crippen LogP contribution is 2.30. The fourth-order valence-corrected chi connectivity index (χ4v) is 2.08. The molecule has 1 heterocycles. The molecule has 0 fully saturated rings. The third-order valence-electron chi connectivity index (χ3n) is 2.73. The van der Waals surface area contributed by atoms with Gasteiger partial charge in [0.15, 0.2) is 0 Å². The van der Waals surface area contributed by atoms with E-state index in [1.165, 1.54) is 0 Å². The molecule has 1 atom stereocenters.